The summed E-state index contributed by atoms with van der Waals surface area (Å²) in [5, 5.41) is 18.2. The fraction of sp³-hybridized carbons (Fsp3) is 0.550. The van der Waals surface area contributed by atoms with Gasteiger partial charge in [-0.2, -0.15) is 0 Å². The molecule has 3 heteroatoms. The van der Waals surface area contributed by atoms with E-state index in [0.717, 1.165) is 30.4 Å². The van der Waals surface area contributed by atoms with Gasteiger partial charge in [0.05, 0.1) is 12.7 Å². The Morgan fingerprint density at radius 1 is 1.04 bits per heavy atom. The highest BCUT2D eigenvalue weighted by Crippen LogP contribution is 2.13. The van der Waals surface area contributed by atoms with Crippen molar-refractivity contribution < 1.29 is 15.0 Å². The van der Waals surface area contributed by atoms with Gasteiger partial charge in [-0.1, -0.05) is 35.5 Å². The third-order valence-corrected chi connectivity index (χ3v) is 3.54. The van der Waals surface area contributed by atoms with Crippen molar-refractivity contribution in [1.82, 2.24) is 0 Å². The molecule has 0 aliphatic rings. The minimum Gasteiger partial charge on any atom is -0.393 e. The first kappa shape index (κ1) is 21.6. The van der Waals surface area contributed by atoms with Crippen LogP contribution in [-0.4, -0.2) is 28.7 Å². The van der Waals surface area contributed by atoms with Crippen LogP contribution in [0.1, 0.15) is 59.8 Å². The third-order valence-electron chi connectivity index (χ3n) is 3.54. The van der Waals surface area contributed by atoms with E-state index in [1.54, 1.807) is 6.08 Å². The van der Waals surface area contributed by atoms with E-state index in [4.69, 9.17) is 5.11 Å². The zero-order valence-corrected chi connectivity index (χ0v) is 15.1. The molecule has 3 nitrogen and oxygen atoms in total. The minimum absolute atomic E-state index is 0.159. The van der Waals surface area contributed by atoms with Gasteiger partial charge in [0.2, 0.25) is 0 Å². The summed E-state index contributed by atoms with van der Waals surface area (Å²) in [6, 6.07) is 0. The summed E-state index contributed by atoms with van der Waals surface area (Å²) in [6.07, 6.45) is 9.04. The molecule has 0 aromatic rings. The Labute approximate surface area is 141 Å². The first-order valence-corrected chi connectivity index (χ1v) is 8.21. The van der Waals surface area contributed by atoms with Crippen molar-refractivity contribution in [3.05, 3.63) is 47.1 Å². The van der Waals surface area contributed by atoms with Crippen molar-refractivity contribution >= 4 is 5.78 Å². The van der Waals surface area contributed by atoms with Crippen LogP contribution < -0.4 is 0 Å². The number of rotatable bonds is 11. The molecule has 0 amide bonds. The van der Waals surface area contributed by atoms with Gasteiger partial charge in [-0.05, 0) is 65.0 Å². The van der Waals surface area contributed by atoms with Gasteiger partial charge in [0.1, 0.15) is 0 Å². The molecular formula is C20H32O3. The van der Waals surface area contributed by atoms with Crippen molar-refractivity contribution in [2.45, 2.75) is 65.9 Å². The molecule has 2 N–H and O–H groups in total. The Balaban J connectivity index is 4.13. The van der Waals surface area contributed by atoms with Crippen LogP contribution in [0.2, 0.25) is 0 Å². The van der Waals surface area contributed by atoms with E-state index in [0.29, 0.717) is 18.4 Å². The van der Waals surface area contributed by atoms with Crippen molar-refractivity contribution in [1.29, 1.82) is 0 Å². The normalized spacial score (nSPS) is 13.7. The Kier molecular flexibility index (Phi) is 11.3. The zero-order chi connectivity index (χ0) is 17.8. The molecule has 0 heterocycles. The van der Waals surface area contributed by atoms with Crippen LogP contribution in [0, 0.1) is 0 Å². The molecule has 0 fully saturated rings. The van der Waals surface area contributed by atoms with E-state index in [-0.39, 0.29) is 12.4 Å². The number of hydrogen-bond acceptors (Lipinski definition) is 3. The predicted octanol–water partition coefficient (Wildman–Crippen LogP) is 4.27. The van der Waals surface area contributed by atoms with Gasteiger partial charge in [-0.15, -0.1) is 0 Å². The molecule has 0 aromatic carbocycles. The monoisotopic (exact) mass is 320 g/mol. The number of hydrogen-bond donors (Lipinski definition) is 2. The maximum Gasteiger partial charge on any atom is 0.159 e. The maximum atomic E-state index is 11.7. The van der Waals surface area contributed by atoms with E-state index in [1.165, 1.54) is 5.57 Å². The summed E-state index contributed by atoms with van der Waals surface area (Å²) >= 11 is 0. The first-order valence-electron chi connectivity index (χ1n) is 8.21. The molecule has 130 valence electrons. The van der Waals surface area contributed by atoms with Gasteiger partial charge in [0.25, 0.3) is 0 Å². The lowest BCUT2D eigenvalue weighted by molar-refractivity contribution is -0.114. The molecule has 23 heavy (non-hydrogen) atoms. The van der Waals surface area contributed by atoms with Crippen LogP contribution in [0.3, 0.4) is 0 Å². The van der Waals surface area contributed by atoms with Crippen LogP contribution >= 0.6 is 0 Å². The highest BCUT2D eigenvalue weighted by molar-refractivity contribution is 5.91. The Morgan fingerprint density at radius 2 is 1.61 bits per heavy atom. The summed E-state index contributed by atoms with van der Waals surface area (Å²) in [5.41, 5.74) is 4.11. The molecule has 1 unspecified atom stereocenters. The highest BCUT2D eigenvalue weighted by atomic mass is 16.3. The maximum absolute atomic E-state index is 11.7. The summed E-state index contributed by atoms with van der Waals surface area (Å²) in [5.74, 6) is 0.159. The van der Waals surface area contributed by atoms with Gasteiger partial charge in [0.15, 0.2) is 5.78 Å². The molecule has 0 rings (SSSR count). The standard InChI is InChI=1S/C20H32O3/c1-15(2)12-19(22)13-17(4)10-6-8-16(3)9-7-11-18(5)20(23)14-21/h9-10,12,20-21,23H,5-8,11,13-14H2,1-4H3. The lowest BCUT2D eigenvalue weighted by atomic mass is 10.0. The van der Waals surface area contributed by atoms with E-state index in [2.05, 4.69) is 25.7 Å². The Morgan fingerprint density at radius 3 is 2.17 bits per heavy atom. The van der Waals surface area contributed by atoms with Crippen LogP contribution in [0.5, 0.6) is 0 Å². The number of aliphatic hydroxyl groups is 2. The van der Waals surface area contributed by atoms with E-state index in [9.17, 15) is 9.90 Å². The molecular weight excluding hydrogens is 288 g/mol. The minimum atomic E-state index is -0.812. The van der Waals surface area contributed by atoms with Crippen LogP contribution in [0.25, 0.3) is 0 Å². The fourth-order valence-corrected chi connectivity index (χ4v) is 2.17. The van der Waals surface area contributed by atoms with Crippen LogP contribution in [0.15, 0.2) is 47.1 Å². The van der Waals surface area contributed by atoms with Gasteiger partial charge in [-0.25, -0.2) is 0 Å². The second kappa shape index (κ2) is 12.0. The van der Waals surface area contributed by atoms with Gasteiger partial charge >= 0.3 is 0 Å². The lowest BCUT2D eigenvalue weighted by Crippen LogP contribution is -2.14. The molecule has 0 radical (unpaired) electrons. The molecule has 1 atom stereocenters. The van der Waals surface area contributed by atoms with E-state index < -0.39 is 6.10 Å². The summed E-state index contributed by atoms with van der Waals surface area (Å²) in [7, 11) is 0. The molecule has 0 saturated heterocycles. The fourth-order valence-electron chi connectivity index (χ4n) is 2.17. The Bertz CT molecular complexity index is 477. The summed E-state index contributed by atoms with van der Waals surface area (Å²) in [6.45, 7) is 11.4. The van der Waals surface area contributed by atoms with Gasteiger partial charge < -0.3 is 10.2 Å². The zero-order valence-electron chi connectivity index (χ0n) is 15.1. The van der Waals surface area contributed by atoms with Crippen molar-refractivity contribution in [2.75, 3.05) is 6.61 Å². The van der Waals surface area contributed by atoms with Crippen LogP contribution in [0.4, 0.5) is 0 Å². The van der Waals surface area contributed by atoms with Gasteiger partial charge in [-0.3, -0.25) is 4.79 Å². The topological polar surface area (TPSA) is 57.5 Å². The lowest BCUT2D eigenvalue weighted by Gasteiger charge is -2.09. The van der Waals surface area contributed by atoms with Gasteiger partial charge in [0, 0.05) is 6.42 Å². The Hall–Kier alpha value is -1.45. The first-order chi connectivity index (χ1) is 10.8. The molecule has 0 bridgehead atoms. The molecule has 0 aromatic heterocycles. The quantitative estimate of drug-likeness (QED) is 0.441. The molecule has 0 saturated carbocycles. The molecule has 0 aliphatic carbocycles. The summed E-state index contributed by atoms with van der Waals surface area (Å²) < 4.78 is 0. The number of carbonyl (C=O) groups excluding carboxylic acids is 1. The number of ketones is 1. The van der Waals surface area contributed by atoms with E-state index >= 15 is 0 Å². The molecule has 0 aliphatic heterocycles. The third kappa shape index (κ3) is 11.7. The van der Waals surface area contributed by atoms with Crippen molar-refractivity contribution in [3.63, 3.8) is 0 Å². The predicted molar refractivity (Wildman–Crippen MR) is 97.3 cm³/mol. The number of carbonyl (C=O) groups is 1. The average Bonchev–Trinajstić information content (AvgIpc) is 2.45. The highest BCUT2D eigenvalue weighted by Gasteiger charge is 2.05. The average molecular weight is 320 g/mol. The number of allylic oxidation sites excluding steroid dienone is 6. The van der Waals surface area contributed by atoms with Crippen molar-refractivity contribution in [2.24, 2.45) is 0 Å². The second-order valence-electron chi connectivity index (χ2n) is 6.40. The molecule has 0 spiro atoms. The number of aliphatic hydroxyl groups excluding tert-OH is 2. The second-order valence-corrected chi connectivity index (χ2v) is 6.40. The van der Waals surface area contributed by atoms with E-state index in [1.807, 2.05) is 20.8 Å². The van der Waals surface area contributed by atoms with Crippen molar-refractivity contribution in [3.8, 4) is 0 Å². The van der Waals surface area contributed by atoms with Crippen LogP contribution in [-0.2, 0) is 4.79 Å². The summed E-state index contributed by atoms with van der Waals surface area (Å²) in [4.78, 5) is 11.7. The smallest absolute Gasteiger partial charge is 0.159 e. The largest absolute Gasteiger partial charge is 0.393 e. The SMILES string of the molecule is C=C(CCC=C(C)CCC=C(C)CC(=O)C=C(C)C)C(O)CO.